The third kappa shape index (κ3) is 2.64. The summed E-state index contributed by atoms with van der Waals surface area (Å²) in [5.74, 6) is -0.583. The molecule has 1 aromatic carbocycles. The van der Waals surface area contributed by atoms with E-state index in [1.807, 2.05) is 16.8 Å². The standard InChI is InChI=1S/C13H9FOS/c14-12-3-1-2-11(8-12)13(15)5-4-10-6-7-16-9-10/h1-9H/b5-4+. The molecule has 0 amide bonds. The zero-order chi connectivity index (χ0) is 11.4. The van der Waals surface area contributed by atoms with E-state index in [0.717, 1.165) is 5.56 Å². The number of ketones is 1. The van der Waals surface area contributed by atoms with Crippen LogP contribution in [0.25, 0.3) is 6.08 Å². The molecular weight excluding hydrogens is 223 g/mol. The Morgan fingerprint density at radius 2 is 2.19 bits per heavy atom. The summed E-state index contributed by atoms with van der Waals surface area (Å²) < 4.78 is 12.9. The first-order valence-corrected chi connectivity index (χ1v) is 5.70. The van der Waals surface area contributed by atoms with Crippen LogP contribution < -0.4 is 0 Å². The van der Waals surface area contributed by atoms with Crippen molar-refractivity contribution in [2.45, 2.75) is 0 Å². The summed E-state index contributed by atoms with van der Waals surface area (Å²) in [5, 5.41) is 3.88. The number of benzene rings is 1. The number of carbonyl (C=O) groups is 1. The largest absolute Gasteiger partial charge is 0.289 e. The Kier molecular flexibility index (Phi) is 3.27. The lowest BCUT2D eigenvalue weighted by molar-refractivity contribution is 0.104. The number of hydrogen-bond donors (Lipinski definition) is 0. The third-order valence-corrected chi connectivity index (χ3v) is 2.78. The second kappa shape index (κ2) is 4.86. The summed E-state index contributed by atoms with van der Waals surface area (Å²) >= 11 is 1.57. The molecule has 0 radical (unpaired) electrons. The Morgan fingerprint density at radius 1 is 1.31 bits per heavy atom. The zero-order valence-corrected chi connectivity index (χ0v) is 9.21. The number of carbonyl (C=O) groups excluding carboxylic acids is 1. The summed E-state index contributed by atoms with van der Waals surface area (Å²) in [7, 11) is 0. The molecule has 2 aromatic rings. The van der Waals surface area contributed by atoms with Crippen molar-refractivity contribution >= 4 is 23.2 Å². The first kappa shape index (κ1) is 10.8. The lowest BCUT2D eigenvalue weighted by atomic mass is 10.1. The second-order valence-corrected chi connectivity index (χ2v) is 4.04. The molecule has 0 fully saturated rings. The zero-order valence-electron chi connectivity index (χ0n) is 8.39. The number of halogens is 1. The summed E-state index contributed by atoms with van der Waals surface area (Å²) in [6.07, 6.45) is 3.18. The van der Waals surface area contributed by atoms with E-state index in [9.17, 15) is 9.18 Å². The van der Waals surface area contributed by atoms with E-state index in [1.54, 1.807) is 23.5 Å². The Bertz CT molecular complexity index is 514. The molecule has 2 rings (SSSR count). The smallest absolute Gasteiger partial charge is 0.185 e. The number of thiophene rings is 1. The lowest BCUT2D eigenvalue weighted by Crippen LogP contribution is -1.94. The van der Waals surface area contributed by atoms with Crippen LogP contribution >= 0.6 is 11.3 Å². The fourth-order valence-corrected chi connectivity index (χ4v) is 1.91. The van der Waals surface area contributed by atoms with Crippen molar-refractivity contribution in [2.24, 2.45) is 0 Å². The molecule has 0 aliphatic heterocycles. The Morgan fingerprint density at radius 3 is 2.88 bits per heavy atom. The van der Waals surface area contributed by atoms with Gasteiger partial charge in [-0.3, -0.25) is 4.79 Å². The van der Waals surface area contributed by atoms with Gasteiger partial charge in [-0.1, -0.05) is 18.2 Å². The lowest BCUT2D eigenvalue weighted by Gasteiger charge is -1.94. The molecule has 3 heteroatoms. The summed E-state index contributed by atoms with van der Waals surface area (Å²) in [5.41, 5.74) is 1.35. The van der Waals surface area contributed by atoms with Crippen LogP contribution in [0.1, 0.15) is 15.9 Å². The monoisotopic (exact) mass is 232 g/mol. The molecule has 0 spiro atoms. The van der Waals surface area contributed by atoms with E-state index in [0.29, 0.717) is 5.56 Å². The highest BCUT2D eigenvalue weighted by molar-refractivity contribution is 7.08. The predicted molar refractivity (Wildman–Crippen MR) is 64.1 cm³/mol. The van der Waals surface area contributed by atoms with Crippen molar-refractivity contribution in [3.05, 3.63) is 64.1 Å². The summed E-state index contributed by atoms with van der Waals surface area (Å²) in [6.45, 7) is 0. The molecule has 1 aromatic heterocycles. The van der Waals surface area contributed by atoms with E-state index in [2.05, 4.69) is 0 Å². The maximum atomic E-state index is 12.9. The molecule has 16 heavy (non-hydrogen) atoms. The minimum atomic E-state index is -0.394. The van der Waals surface area contributed by atoms with Gasteiger partial charge in [0.05, 0.1) is 0 Å². The van der Waals surface area contributed by atoms with Gasteiger partial charge in [-0.15, -0.1) is 0 Å². The van der Waals surface area contributed by atoms with Crippen LogP contribution in [0.4, 0.5) is 4.39 Å². The fourth-order valence-electron chi connectivity index (χ4n) is 1.28. The van der Waals surface area contributed by atoms with Crippen LogP contribution in [0.2, 0.25) is 0 Å². The number of allylic oxidation sites excluding steroid dienone is 1. The number of rotatable bonds is 3. The van der Waals surface area contributed by atoms with Crippen LogP contribution in [-0.2, 0) is 0 Å². The number of hydrogen-bond acceptors (Lipinski definition) is 2. The van der Waals surface area contributed by atoms with Gasteiger partial charge in [-0.05, 0) is 40.6 Å². The fraction of sp³-hybridized carbons (Fsp3) is 0. The van der Waals surface area contributed by atoms with Crippen molar-refractivity contribution in [1.29, 1.82) is 0 Å². The Balaban J connectivity index is 2.15. The third-order valence-electron chi connectivity index (χ3n) is 2.08. The van der Waals surface area contributed by atoms with Gasteiger partial charge in [0.25, 0.3) is 0 Å². The predicted octanol–water partition coefficient (Wildman–Crippen LogP) is 3.78. The van der Waals surface area contributed by atoms with Gasteiger partial charge in [-0.25, -0.2) is 4.39 Å². The minimum Gasteiger partial charge on any atom is -0.289 e. The maximum absolute atomic E-state index is 12.9. The molecule has 0 unspecified atom stereocenters. The highest BCUT2D eigenvalue weighted by Gasteiger charge is 2.02. The minimum absolute atomic E-state index is 0.189. The topological polar surface area (TPSA) is 17.1 Å². The Hall–Kier alpha value is -1.74. The molecule has 1 nitrogen and oxygen atoms in total. The van der Waals surface area contributed by atoms with Crippen molar-refractivity contribution in [2.75, 3.05) is 0 Å². The van der Waals surface area contributed by atoms with Gasteiger partial charge in [0.1, 0.15) is 5.82 Å². The first-order valence-electron chi connectivity index (χ1n) is 4.76. The summed E-state index contributed by atoms with van der Waals surface area (Å²) in [4.78, 5) is 11.6. The van der Waals surface area contributed by atoms with E-state index >= 15 is 0 Å². The summed E-state index contributed by atoms with van der Waals surface area (Å²) in [6, 6.07) is 7.60. The second-order valence-electron chi connectivity index (χ2n) is 3.26. The van der Waals surface area contributed by atoms with Crippen LogP contribution in [-0.4, -0.2) is 5.78 Å². The molecule has 80 valence electrons. The molecule has 0 saturated carbocycles. The van der Waals surface area contributed by atoms with Gasteiger partial charge in [0.15, 0.2) is 5.78 Å². The van der Waals surface area contributed by atoms with Gasteiger partial charge in [0.2, 0.25) is 0 Å². The normalized spacial score (nSPS) is 10.8. The van der Waals surface area contributed by atoms with Gasteiger partial charge >= 0.3 is 0 Å². The molecule has 0 aliphatic rings. The average Bonchev–Trinajstić information content (AvgIpc) is 2.78. The van der Waals surface area contributed by atoms with Crippen molar-refractivity contribution in [1.82, 2.24) is 0 Å². The average molecular weight is 232 g/mol. The molecule has 0 aliphatic carbocycles. The van der Waals surface area contributed by atoms with E-state index in [4.69, 9.17) is 0 Å². The van der Waals surface area contributed by atoms with E-state index in [-0.39, 0.29) is 5.78 Å². The maximum Gasteiger partial charge on any atom is 0.185 e. The van der Waals surface area contributed by atoms with Crippen molar-refractivity contribution in [3.8, 4) is 0 Å². The molecule has 0 N–H and O–H groups in total. The van der Waals surface area contributed by atoms with E-state index < -0.39 is 5.82 Å². The highest BCUT2D eigenvalue weighted by atomic mass is 32.1. The SMILES string of the molecule is O=C(/C=C/c1ccsc1)c1cccc(F)c1. The quantitative estimate of drug-likeness (QED) is 0.581. The van der Waals surface area contributed by atoms with Crippen molar-refractivity contribution in [3.63, 3.8) is 0 Å². The molecule has 0 atom stereocenters. The van der Waals surface area contributed by atoms with Crippen molar-refractivity contribution < 1.29 is 9.18 Å². The van der Waals surface area contributed by atoms with Crippen LogP contribution in [0.15, 0.2) is 47.2 Å². The Labute approximate surface area is 96.9 Å². The molecular formula is C13H9FOS. The van der Waals surface area contributed by atoms with Crippen LogP contribution in [0.5, 0.6) is 0 Å². The van der Waals surface area contributed by atoms with E-state index in [1.165, 1.54) is 24.3 Å². The van der Waals surface area contributed by atoms with Crippen LogP contribution in [0, 0.1) is 5.82 Å². The van der Waals surface area contributed by atoms with Gasteiger partial charge < -0.3 is 0 Å². The molecule has 0 saturated heterocycles. The molecule has 1 heterocycles. The van der Waals surface area contributed by atoms with Gasteiger partial charge in [-0.2, -0.15) is 11.3 Å². The molecule has 0 bridgehead atoms. The van der Waals surface area contributed by atoms with Gasteiger partial charge in [0, 0.05) is 5.56 Å². The highest BCUT2D eigenvalue weighted by Crippen LogP contribution is 2.10. The van der Waals surface area contributed by atoms with Crippen LogP contribution in [0.3, 0.4) is 0 Å². The first-order chi connectivity index (χ1) is 7.75.